The highest BCUT2D eigenvalue weighted by Gasteiger charge is 2.22. The molecule has 4 rings (SSSR count). The number of carbonyl (C=O) groups excluding carboxylic acids is 1. The molecule has 1 N–H and O–H groups in total. The third kappa shape index (κ3) is 2.57. The predicted molar refractivity (Wildman–Crippen MR) is 94.1 cm³/mol. The van der Waals surface area contributed by atoms with Crippen molar-refractivity contribution in [3.05, 3.63) is 89.5 Å². The molecule has 3 aromatic rings. The van der Waals surface area contributed by atoms with Crippen LogP contribution in [0.15, 0.2) is 78.4 Å². The Morgan fingerprint density at radius 3 is 2.46 bits per heavy atom. The van der Waals surface area contributed by atoms with Crippen molar-refractivity contribution >= 4 is 28.6 Å². The number of phenolic OH excluding ortho intramolecular Hbond substituents is 1. The van der Waals surface area contributed by atoms with Crippen molar-refractivity contribution in [1.82, 2.24) is 0 Å². The summed E-state index contributed by atoms with van der Waals surface area (Å²) >= 11 is 0. The molecular formula is C21H14O3. The lowest BCUT2D eigenvalue weighted by Crippen LogP contribution is -1.97. The molecule has 0 saturated carbocycles. The maximum Gasteiger partial charge on any atom is 0.343 e. The van der Waals surface area contributed by atoms with E-state index in [4.69, 9.17) is 4.74 Å². The van der Waals surface area contributed by atoms with E-state index < -0.39 is 5.97 Å². The van der Waals surface area contributed by atoms with E-state index in [1.165, 1.54) is 0 Å². The average molecular weight is 314 g/mol. The molecule has 0 aromatic heterocycles. The summed E-state index contributed by atoms with van der Waals surface area (Å²) < 4.78 is 5.39. The summed E-state index contributed by atoms with van der Waals surface area (Å²) in [5.74, 6) is 0.235. The van der Waals surface area contributed by atoms with Gasteiger partial charge in [-0.1, -0.05) is 54.6 Å². The van der Waals surface area contributed by atoms with Gasteiger partial charge in [0.25, 0.3) is 0 Å². The second-order valence-corrected chi connectivity index (χ2v) is 5.62. The molecule has 0 aliphatic carbocycles. The van der Waals surface area contributed by atoms with Crippen LogP contribution in [0.5, 0.6) is 5.75 Å². The van der Waals surface area contributed by atoms with E-state index in [0.29, 0.717) is 16.9 Å². The fourth-order valence-electron chi connectivity index (χ4n) is 2.75. The quantitative estimate of drug-likeness (QED) is 0.558. The lowest BCUT2D eigenvalue weighted by Gasteiger charge is -2.04. The Labute approximate surface area is 139 Å². The van der Waals surface area contributed by atoms with Gasteiger partial charge in [-0.25, -0.2) is 4.79 Å². The average Bonchev–Trinajstić information content (AvgIpc) is 2.97. The molecule has 116 valence electrons. The molecule has 1 aliphatic rings. The molecule has 0 radical (unpaired) electrons. The minimum atomic E-state index is -0.415. The first-order valence-corrected chi connectivity index (χ1v) is 7.63. The third-order valence-corrected chi connectivity index (χ3v) is 4.01. The number of hydrogen-bond acceptors (Lipinski definition) is 3. The smallest absolute Gasteiger partial charge is 0.343 e. The maximum atomic E-state index is 12.1. The van der Waals surface area contributed by atoms with Gasteiger partial charge in [0.05, 0.1) is 5.57 Å². The second kappa shape index (κ2) is 5.70. The maximum absolute atomic E-state index is 12.1. The van der Waals surface area contributed by atoms with Gasteiger partial charge in [-0.05, 0) is 35.1 Å². The van der Waals surface area contributed by atoms with Gasteiger partial charge in [0, 0.05) is 11.1 Å². The summed E-state index contributed by atoms with van der Waals surface area (Å²) in [5.41, 5.74) is 1.85. The summed E-state index contributed by atoms with van der Waals surface area (Å²) in [7, 11) is 0. The zero-order chi connectivity index (χ0) is 16.5. The summed E-state index contributed by atoms with van der Waals surface area (Å²) in [6.07, 6.45) is 3.34. The normalized spacial score (nSPS) is 15.6. The molecule has 1 aliphatic heterocycles. The van der Waals surface area contributed by atoms with E-state index in [1.54, 1.807) is 36.4 Å². The van der Waals surface area contributed by atoms with Crippen LogP contribution in [-0.2, 0) is 9.53 Å². The predicted octanol–water partition coefficient (Wildman–Crippen LogP) is 4.53. The van der Waals surface area contributed by atoms with Crippen molar-refractivity contribution in [2.24, 2.45) is 0 Å². The van der Waals surface area contributed by atoms with Crippen molar-refractivity contribution in [3.63, 3.8) is 0 Å². The van der Waals surface area contributed by atoms with Crippen molar-refractivity contribution in [1.29, 1.82) is 0 Å². The molecule has 3 heteroatoms. The van der Waals surface area contributed by atoms with Gasteiger partial charge in [-0.3, -0.25) is 0 Å². The zero-order valence-electron chi connectivity index (χ0n) is 12.8. The number of esters is 1. The SMILES string of the molecule is O=C1OC(c2ccc3ccccc3c2)=C/C1=C/c1ccccc1O. The van der Waals surface area contributed by atoms with Crippen LogP contribution in [0.3, 0.4) is 0 Å². The van der Waals surface area contributed by atoms with Crippen LogP contribution in [-0.4, -0.2) is 11.1 Å². The van der Waals surface area contributed by atoms with Crippen LogP contribution in [0.25, 0.3) is 22.6 Å². The first-order chi connectivity index (χ1) is 11.7. The molecule has 0 bridgehead atoms. The molecule has 3 aromatic carbocycles. The second-order valence-electron chi connectivity index (χ2n) is 5.62. The monoisotopic (exact) mass is 314 g/mol. The standard InChI is InChI=1S/C21H14O3/c22-19-8-4-3-7-16(19)12-18-13-20(24-21(18)23)17-10-9-14-5-1-2-6-15(14)11-17/h1-13,22H/b18-12-. The number of fused-ring (bicyclic) bond motifs is 1. The van der Waals surface area contributed by atoms with Gasteiger partial charge < -0.3 is 9.84 Å². The number of para-hydroxylation sites is 1. The van der Waals surface area contributed by atoms with Gasteiger partial charge in [0.15, 0.2) is 0 Å². The Balaban J connectivity index is 1.74. The fourth-order valence-corrected chi connectivity index (χ4v) is 2.75. The van der Waals surface area contributed by atoms with Gasteiger partial charge in [0.1, 0.15) is 11.5 Å². The number of benzene rings is 3. The molecule has 0 amide bonds. The van der Waals surface area contributed by atoms with Gasteiger partial charge in [-0.2, -0.15) is 0 Å². The Kier molecular flexibility index (Phi) is 3.39. The van der Waals surface area contributed by atoms with Crippen LogP contribution in [0.4, 0.5) is 0 Å². The molecule has 24 heavy (non-hydrogen) atoms. The van der Waals surface area contributed by atoms with E-state index in [1.807, 2.05) is 42.5 Å². The summed E-state index contributed by atoms with van der Waals surface area (Å²) in [6, 6.07) is 20.8. The third-order valence-electron chi connectivity index (χ3n) is 4.01. The van der Waals surface area contributed by atoms with Crippen LogP contribution in [0.2, 0.25) is 0 Å². The first-order valence-electron chi connectivity index (χ1n) is 7.63. The molecule has 1 heterocycles. The first kappa shape index (κ1) is 14.3. The highest BCUT2D eigenvalue weighted by atomic mass is 16.5. The van der Waals surface area contributed by atoms with E-state index >= 15 is 0 Å². The number of ether oxygens (including phenoxy) is 1. The van der Waals surface area contributed by atoms with E-state index in [2.05, 4.69) is 0 Å². The molecule has 0 fully saturated rings. The largest absolute Gasteiger partial charge is 0.507 e. The highest BCUT2D eigenvalue weighted by Crippen LogP contribution is 2.30. The molecule has 0 saturated heterocycles. The van der Waals surface area contributed by atoms with Gasteiger partial charge in [0.2, 0.25) is 0 Å². The Hall–Kier alpha value is -3.33. The number of cyclic esters (lactones) is 1. The molecule has 3 nitrogen and oxygen atoms in total. The molecule has 0 unspecified atom stereocenters. The number of phenols is 1. The Morgan fingerprint density at radius 2 is 1.62 bits per heavy atom. The van der Waals surface area contributed by atoms with E-state index in [9.17, 15) is 9.90 Å². The topological polar surface area (TPSA) is 46.5 Å². The van der Waals surface area contributed by atoms with Gasteiger partial charge in [-0.15, -0.1) is 0 Å². The lowest BCUT2D eigenvalue weighted by molar-refractivity contribution is -0.130. The minimum absolute atomic E-state index is 0.130. The number of rotatable bonds is 2. The number of hydrogen-bond donors (Lipinski definition) is 1. The number of aromatic hydroxyl groups is 1. The van der Waals surface area contributed by atoms with Crippen LogP contribution >= 0.6 is 0 Å². The van der Waals surface area contributed by atoms with Crippen molar-refractivity contribution < 1.29 is 14.6 Å². The summed E-state index contributed by atoms with van der Waals surface area (Å²) in [5, 5.41) is 12.1. The zero-order valence-corrected chi connectivity index (χ0v) is 12.8. The van der Waals surface area contributed by atoms with Crippen LogP contribution in [0.1, 0.15) is 11.1 Å². The fraction of sp³-hybridized carbons (Fsp3) is 0. The van der Waals surface area contributed by atoms with Crippen LogP contribution in [0, 0.1) is 0 Å². The summed E-state index contributed by atoms with van der Waals surface area (Å²) in [4.78, 5) is 12.1. The van der Waals surface area contributed by atoms with Crippen molar-refractivity contribution in [2.75, 3.05) is 0 Å². The molecule has 0 spiro atoms. The molecule has 0 atom stereocenters. The lowest BCUT2D eigenvalue weighted by atomic mass is 10.0. The summed E-state index contributed by atoms with van der Waals surface area (Å²) in [6.45, 7) is 0. The number of carbonyl (C=O) groups is 1. The van der Waals surface area contributed by atoms with Gasteiger partial charge >= 0.3 is 5.97 Å². The van der Waals surface area contributed by atoms with Crippen LogP contribution < -0.4 is 0 Å². The van der Waals surface area contributed by atoms with E-state index in [0.717, 1.165) is 16.3 Å². The molecular weight excluding hydrogens is 300 g/mol. The van der Waals surface area contributed by atoms with Crippen molar-refractivity contribution in [3.8, 4) is 5.75 Å². The highest BCUT2D eigenvalue weighted by molar-refractivity contribution is 6.05. The minimum Gasteiger partial charge on any atom is -0.507 e. The van der Waals surface area contributed by atoms with Crippen molar-refractivity contribution in [2.45, 2.75) is 0 Å². The Bertz CT molecular complexity index is 1010. The Morgan fingerprint density at radius 1 is 0.875 bits per heavy atom. The van der Waals surface area contributed by atoms with E-state index in [-0.39, 0.29) is 5.75 Å².